The highest BCUT2D eigenvalue weighted by Gasteiger charge is 2.16. The first kappa shape index (κ1) is 16.4. The molecule has 0 saturated carbocycles. The Morgan fingerprint density at radius 3 is 2.86 bits per heavy atom. The fraction of sp³-hybridized carbons (Fsp3) is 0.312. The van der Waals surface area contributed by atoms with Gasteiger partial charge in [0.2, 0.25) is 5.91 Å². The highest BCUT2D eigenvalue weighted by molar-refractivity contribution is 5.77. The predicted octanol–water partition coefficient (Wildman–Crippen LogP) is 2.03. The summed E-state index contributed by atoms with van der Waals surface area (Å²) in [6, 6.07) is 8.47. The smallest absolute Gasteiger partial charge is 0.305 e. The molecule has 0 heterocycles. The second-order valence-corrected chi connectivity index (χ2v) is 4.71. The first-order valence-electron chi connectivity index (χ1n) is 6.66. The van der Waals surface area contributed by atoms with E-state index in [0.29, 0.717) is 18.4 Å². The van der Waals surface area contributed by atoms with Gasteiger partial charge in [-0.1, -0.05) is 18.2 Å². The largest absolute Gasteiger partial charge is 0.481 e. The topological polar surface area (TPSA) is 90.2 Å². The lowest BCUT2D eigenvalue weighted by molar-refractivity contribution is -0.137. The van der Waals surface area contributed by atoms with Crippen molar-refractivity contribution >= 4 is 11.9 Å². The van der Waals surface area contributed by atoms with Crippen molar-refractivity contribution in [2.45, 2.75) is 31.7 Å². The molecule has 110 valence electrons. The molecule has 1 aromatic rings. The van der Waals surface area contributed by atoms with E-state index in [2.05, 4.69) is 11.9 Å². The number of nitriles is 1. The van der Waals surface area contributed by atoms with Crippen LogP contribution in [0.4, 0.5) is 0 Å². The standard InChI is InChI=1S/C16H18N2O3/c1-2-3-7-15(19)18-14(10-16(20)21)9-12-5-4-6-13(8-12)11-17/h2,4-6,8,14H,1,3,7,9-10H2,(H,18,19)(H,20,21)/t14-/m1/s1. The van der Waals surface area contributed by atoms with E-state index in [-0.39, 0.29) is 18.7 Å². The van der Waals surface area contributed by atoms with Gasteiger partial charge in [0.15, 0.2) is 0 Å². The molecular formula is C16H18N2O3. The van der Waals surface area contributed by atoms with Crippen molar-refractivity contribution in [1.82, 2.24) is 5.32 Å². The van der Waals surface area contributed by atoms with Gasteiger partial charge in [-0.2, -0.15) is 5.26 Å². The number of benzene rings is 1. The van der Waals surface area contributed by atoms with Crippen LogP contribution < -0.4 is 5.32 Å². The number of nitrogens with one attached hydrogen (secondary N) is 1. The van der Waals surface area contributed by atoms with Gasteiger partial charge < -0.3 is 10.4 Å². The van der Waals surface area contributed by atoms with Gasteiger partial charge in [0.25, 0.3) is 0 Å². The second kappa shape index (κ2) is 8.54. The van der Waals surface area contributed by atoms with Crippen LogP contribution in [0.2, 0.25) is 0 Å². The van der Waals surface area contributed by atoms with Crippen LogP contribution in [0.3, 0.4) is 0 Å². The Labute approximate surface area is 123 Å². The fourth-order valence-corrected chi connectivity index (χ4v) is 1.97. The van der Waals surface area contributed by atoms with Gasteiger partial charge in [-0.3, -0.25) is 9.59 Å². The van der Waals surface area contributed by atoms with Gasteiger partial charge in [0, 0.05) is 12.5 Å². The van der Waals surface area contributed by atoms with Crippen molar-refractivity contribution in [2.24, 2.45) is 0 Å². The Kier molecular flexibility index (Phi) is 6.69. The van der Waals surface area contributed by atoms with E-state index in [1.807, 2.05) is 12.1 Å². The summed E-state index contributed by atoms with van der Waals surface area (Å²) in [5, 5.41) is 20.5. The highest BCUT2D eigenvalue weighted by Crippen LogP contribution is 2.09. The maximum Gasteiger partial charge on any atom is 0.305 e. The Morgan fingerprint density at radius 2 is 2.24 bits per heavy atom. The Hall–Kier alpha value is -2.61. The Balaban J connectivity index is 2.73. The molecule has 0 aliphatic rings. The van der Waals surface area contributed by atoms with Gasteiger partial charge in [-0.05, 0) is 30.5 Å². The minimum Gasteiger partial charge on any atom is -0.481 e. The molecule has 1 amide bonds. The van der Waals surface area contributed by atoms with Crippen LogP contribution in [0.5, 0.6) is 0 Å². The van der Waals surface area contributed by atoms with Crippen LogP contribution in [0, 0.1) is 11.3 Å². The summed E-state index contributed by atoms with van der Waals surface area (Å²) in [7, 11) is 0. The quantitative estimate of drug-likeness (QED) is 0.715. The summed E-state index contributed by atoms with van der Waals surface area (Å²) in [6.07, 6.45) is 2.70. The van der Waals surface area contributed by atoms with Crippen molar-refractivity contribution in [3.8, 4) is 6.07 Å². The van der Waals surface area contributed by atoms with Gasteiger partial charge in [-0.25, -0.2) is 0 Å². The first-order chi connectivity index (χ1) is 10.0. The van der Waals surface area contributed by atoms with Crippen molar-refractivity contribution in [3.63, 3.8) is 0 Å². The number of hydrogen-bond acceptors (Lipinski definition) is 3. The molecule has 21 heavy (non-hydrogen) atoms. The number of allylic oxidation sites excluding steroid dienone is 1. The average Bonchev–Trinajstić information content (AvgIpc) is 2.44. The maximum absolute atomic E-state index is 11.7. The number of carbonyl (C=O) groups is 2. The Morgan fingerprint density at radius 1 is 1.48 bits per heavy atom. The lowest BCUT2D eigenvalue weighted by Crippen LogP contribution is -2.37. The summed E-state index contributed by atoms with van der Waals surface area (Å²) in [4.78, 5) is 22.6. The van der Waals surface area contributed by atoms with Crippen molar-refractivity contribution in [2.75, 3.05) is 0 Å². The maximum atomic E-state index is 11.7. The average molecular weight is 286 g/mol. The molecule has 0 unspecified atom stereocenters. The minimum absolute atomic E-state index is 0.156. The number of carboxylic acids is 1. The zero-order valence-corrected chi connectivity index (χ0v) is 11.7. The number of carbonyl (C=O) groups excluding carboxylic acids is 1. The van der Waals surface area contributed by atoms with Crippen LogP contribution in [0.25, 0.3) is 0 Å². The summed E-state index contributed by atoms with van der Waals surface area (Å²) >= 11 is 0. The van der Waals surface area contributed by atoms with Crippen molar-refractivity contribution in [1.29, 1.82) is 5.26 Å². The summed E-state index contributed by atoms with van der Waals surface area (Å²) in [5.41, 5.74) is 1.34. The zero-order chi connectivity index (χ0) is 15.7. The Bertz CT molecular complexity index is 561. The number of carboxylic acid groups (broad SMARTS) is 1. The molecule has 5 nitrogen and oxygen atoms in total. The van der Waals surface area contributed by atoms with Gasteiger partial charge >= 0.3 is 5.97 Å². The molecule has 2 N–H and O–H groups in total. The molecule has 1 atom stereocenters. The molecule has 0 spiro atoms. The van der Waals surface area contributed by atoms with Crippen molar-refractivity contribution in [3.05, 3.63) is 48.0 Å². The molecule has 0 radical (unpaired) electrons. The van der Waals surface area contributed by atoms with E-state index in [4.69, 9.17) is 10.4 Å². The number of hydrogen-bond donors (Lipinski definition) is 2. The van der Waals surface area contributed by atoms with E-state index >= 15 is 0 Å². The lowest BCUT2D eigenvalue weighted by atomic mass is 10.0. The van der Waals surface area contributed by atoms with Gasteiger partial charge in [-0.15, -0.1) is 6.58 Å². The SMILES string of the molecule is C=CCCC(=O)N[C@@H](CC(=O)O)Cc1cccc(C#N)c1. The zero-order valence-electron chi connectivity index (χ0n) is 11.7. The normalized spacial score (nSPS) is 11.2. The summed E-state index contributed by atoms with van der Waals surface area (Å²) in [5.74, 6) is -1.17. The molecule has 5 heteroatoms. The molecule has 0 fully saturated rings. The van der Waals surface area contributed by atoms with Crippen LogP contribution in [-0.2, 0) is 16.0 Å². The summed E-state index contributed by atoms with van der Waals surface area (Å²) in [6.45, 7) is 3.54. The van der Waals surface area contributed by atoms with Crippen molar-refractivity contribution < 1.29 is 14.7 Å². The molecule has 0 bridgehead atoms. The van der Waals surface area contributed by atoms with Crippen LogP contribution >= 0.6 is 0 Å². The monoisotopic (exact) mass is 286 g/mol. The number of aliphatic carboxylic acids is 1. The third-order valence-electron chi connectivity index (χ3n) is 2.90. The van der Waals surface area contributed by atoms with E-state index in [0.717, 1.165) is 5.56 Å². The van der Waals surface area contributed by atoms with Gasteiger partial charge in [0.1, 0.15) is 0 Å². The van der Waals surface area contributed by atoms with E-state index in [1.54, 1.807) is 24.3 Å². The van der Waals surface area contributed by atoms with E-state index in [9.17, 15) is 9.59 Å². The van der Waals surface area contributed by atoms with E-state index in [1.165, 1.54) is 0 Å². The molecule has 1 rings (SSSR count). The molecule has 0 aromatic heterocycles. The number of rotatable bonds is 8. The lowest BCUT2D eigenvalue weighted by Gasteiger charge is -2.17. The number of amides is 1. The predicted molar refractivity (Wildman–Crippen MR) is 78.5 cm³/mol. The second-order valence-electron chi connectivity index (χ2n) is 4.71. The molecular weight excluding hydrogens is 268 g/mol. The third-order valence-corrected chi connectivity index (χ3v) is 2.90. The number of nitrogens with zero attached hydrogens (tertiary/aromatic N) is 1. The summed E-state index contributed by atoms with van der Waals surface area (Å²) < 4.78 is 0. The molecule has 1 aromatic carbocycles. The first-order valence-corrected chi connectivity index (χ1v) is 6.66. The van der Waals surface area contributed by atoms with Gasteiger partial charge in [0.05, 0.1) is 18.1 Å². The van der Waals surface area contributed by atoms with E-state index < -0.39 is 12.0 Å². The van der Waals surface area contributed by atoms with Crippen LogP contribution in [-0.4, -0.2) is 23.0 Å². The highest BCUT2D eigenvalue weighted by atomic mass is 16.4. The fourth-order valence-electron chi connectivity index (χ4n) is 1.97. The van der Waals surface area contributed by atoms with Crippen LogP contribution in [0.15, 0.2) is 36.9 Å². The third kappa shape index (κ3) is 6.39. The molecule has 0 aliphatic heterocycles. The molecule has 0 saturated heterocycles. The minimum atomic E-state index is -0.972. The molecule has 0 aliphatic carbocycles. The van der Waals surface area contributed by atoms with Crippen LogP contribution in [0.1, 0.15) is 30.4 Å².